The molecule has 0 spiro atoms. The van der Waals surface area contributed by atoms with Crippen LogP contribution in [0.4, 0.5) is 11.6 Å². The molecule has 0 radical (unpaired) electrons. The molecule has 2 N–H and O–H groups in total. The zero-order chi connectivity index (χ0) is 16.4. The quantitative estimate of drug-likeness (QED) is 0.712. The van der Waals surface area contributed by atoms with Crippen LogP contribution in [0.3, 0.4) is 0 Å². The van der Waals surface area contributed by atoms with Crippen LogP contribution in [0.5, 0.6) is 5.75 Å². The van der Waals surface area contributed by atoms with Gasteiger partial charge in [0, 0.05) is 29.9 Å². The number of rotatable bonds is 4. The lowest BCUT2D eigenvalue weighted by atomic mass is 9.95. The Balaban J connectivity index is 1.53. The second-order valence-corrected chi connectivity index (χ2v) is 6.14. The van der Waals surface area contributed by atoms with Crippen molar-refractivity contribution in [2.75, 3.05) is 18.4 Å². The molecule has 0 saturated carbocycles. The van der Waals surface area contributed by atoms with Gasteiger partial charge in [0.1, 0.15) is 19.7 Å². The Morgan fingerprint density at radius 2 is 2.17 bits per heavy atom. The van der Waals surface area contributed by atoms with Crippen molar-refractivity contribution >= 4 is 35.8 Å². The first-order valence-corrected chi connectivity index (χ1v) is 8.24. The van der Waals surface area contributed by atoms with Gasteiger partial charge in [-0.15, -0.1) is 0 Å². The zero-order valence-electron chi connectivity index (χ0n) is 13.6. The van der Waals surface area contributed by atoms with E-state index < -0.39 is 0 Å². The van der Waals surface area contributed by atoms with Crippen molar-refractivity contribution < 1.29 is 4.74 Å². The van der Waals surface area contributed by atoms with Crippen LogP contribution in [0.1, 0.15) is 6.42 Å². The Kier molecular flexibility index (Phi) is 4.05. The third kappa shape index (κ3) is 3.33. The van der Waals surface area contributed by atoms with E-state index in [2.05, 4.69) is 40.6 Å². The van der Waals surface area contributed by atoms with E-state index in [1.165, 1.54) is 5.46 Å². The number of fused-ring (bicyclic) bond motifs is 1. The predicted molar refractivity (Wildman–Crippen MR) is 99.3 cm³/mol. The number of anilines is 2. The van der Waals surface area contributed by atoms with E-state index in [0.717, 1.165) is 41.9 Å². The van der Waals surface area contributed by atoms with Crippen LogP contribution in [-0.2, 0) is 0 Å². The normalized spacial score (nSPS) is 17.1. The second-order valence-electron chi connectivity index (χ2n) is 6.14. The van der Waals surface area contributed by atoms with Gasteiger partial charge in [-0.2, -0.15) is 0 Å². The van der Waals surface area contributed by atoms with Gasteiger partial charge in [-0.05, 0) is 31.2 Å². The SMILES string of the molecule is Bc1ccc2nc(Nc3cccc(O[C@@H]4CCNC4)c3)ncc2c1. The molecular formula is C18H19BN4O. The standard InChI is InChI=1S/C18H19BN4O/c19-13-4-5-17-12(8-13)10-21-18(23-17)22-14-2-1-3-15(9-14)24-16-6-7-20-11-16/h1-5,8-10,16,20H,6-7,11,19H2,(H,21,22,23)/t16-/m1/s1. The van der Waals surface area contributed by atoms with Crippen LogP contribution in [0.2, 0.25) is 0 Å². The van der Waals surface area contributed by atoms with Gasteiger partial charge >= 0.3 is 0 Å². The summed E-state index contributed by atoms with van der Waals surface area (Å²) in [5.74, 6) is 1.45. The topological polar surface area (TPSA) is 59.1 Å². The molecule has 3 aromatic rings. The first kappa shape index (κ1) is 15.0. The van der Waals surface area contributed by atoms with Gasteiger partial charge in [0.2, 0.25) is 5.95 Å². The van der Waals surface area contributed by atoms with E-state index in [-0.39, 0.29) is 6.10 Å². The molecule has 1 aromatic heterocycles. The largest absolute Gasteiger partial charge is 0.489 e. The molecule has 0 bridgehead atoms. The van der Waals surface area contributed by atoms with E-state index in [1.54, 1.807) is 0 Å². The summed E-state index contributed by atoms with van der Waals surface area (Å²) in [4.78, 5) is 8.97. The minimum absolute atomic E-state index is 0.250. The Bertz CT molecular complexity index is 865. The summed E-state index contributed by atoms with van der Waals surface area (Å²) in [6, 6.07) is 14.1. The highest BCUT2D eigenvalue weighted by molar-refractivity contribution is 6.33. The highest BCUT2D eigenvalue weighted by atomic mass is 16.5. The Morgan fingerprint density at radius 1 is 1.21 bits per heavy atom. The summed E-state index contributed by atoms with van der Waals surface area (Å²) in [6.07, 6.45) is 3.15. The molecule has 1 saturated heterocycles. The first-order chi connectivity index (χ1) is 11.8. The molecule has 1 aliphatic rings. The first-order valence-electron chi connectivity index (χ1n) is 8.24. The van der Waals surface area contributed by atoms with Gasteiger partial charge in [0.25, 0.3) is 0 Å². The number of nitrogens with one attached hydrogen (secondary N) is 2. The predicted octanol–water partition coefficient (Wildman–Crippen LogP) is 1.37. The van der Waals surface area contributed by atoms with E-state index >= 15 is 0 Å². The summed E-state index contributed by atoms with van der Waals surface area (Å²) >= 11 is 0. The smallest absolute Gasteiger partial charge is 0.227 e. The summed E-state index contributed by atoms with van der Waals surface area (Å²) < 4.78 is 5.99. The average Bonchev–Trinajstić information content (AvgIpc) is 3.08. The fraction of sp³-hybridized carbons (Fsp3) is 0.222. The van der Waals surface area contributed by atoms with Gasteiger partial charge in [-0.25, -0.2) is 9.97 Å². The minimum Gasteiger partial charge on any atom is -0.489 e. The van der Waals surface area contributed by atoms with Gasteiger partial charge < -0.3 is 15.4 Å². The summed E-state index contributed by atoms with van der Waals surface area (Å²) in [5, 5.41) is 7.61. The van der Waals surface area contributed by atoms with Crippen LogP contribution in [-0.4, -0.2) is 37.0 Å². The third-order valence-electron chi connectivity index (χ3n) is 4.14. The fourth-order valence-electron chi connectivity index (χ4n) is 2.91. The van der Waals surface area contributed by atoms with E-state index in [1.807, 2.05) is 36.5 Å². The lowest BCUT2D eigenvalue weighted by Gasteiger charge is -2.13. The number of ether oxygens (including phenoxy) is 1. The molecule has 6 heteroatoms. The van der Waals surface area contributed by atoms with Crippen molar-refractivity contribution in [1.82, 2.24) is 15.3 Å². The van der Waals surface area contributed by atoms with E-state index in [9.17, 15) is 0 Å². The van der Waals surface area contributed by atoms with Crippen LogP contribution < -0.4 is 20.8 Å². The molecule has 1 atom stereocenters. The molecule has 120 valence electrons. The van der Waals surface area contributed by atoms with Crippen LogP contribution >= 0.6 is 0 Å². The summed E-state index contributed by atoms with van der Waals surface area (Å²) in [6.45, 7) is 1.93. The van der Waals surface area contributed by atoms with E-state index in [0.29, 0.717) is 5.95 Å². The van der Waals surface area contributed by atoms with Gasteiger partial charge in [-0.1, -0.05) is 23.7 Å². The molecule has 4 rings (SSSR count). The van der Waals surface area contributed by atoms with Crippen LogP contribution in [0, 0.1) is 0 Å². The lowest BCUT2D eigenvalue weighted by molar-refractivity contribution is 0.223. The average molecular weight is 318 g/mol. The maximum absolute atomic E-state index is 5.99. The number of nitrogens with zero attached hydrogens (tertiary/aromatic N) is 2. The maximum atomic E-state index is 5.99. The van der Waals surface area contributed by atoms with E-state index in [4.69, 9.17) is 4.74 Å². The van der Waals surface area contributed by atoms with Crippen LogP contribution in [0.15, 0.2) is 48.7 Å². The molecular weight excluding hydrogens is 299 g/mol. The zero-order valence-corrected chi connectivity index (χ0v) is 13.6. The molecule has 1 aliphatic heterocycles. The number of aromatic nitrogens is 2. The second kappa shape index (κ2) is 6.49. The fourth-order valence-corrected chi connectivity index (χ4v) is 2.91. The lowest BCUT2D eigenvalue weighted by Crippen LogP contribution is -2.19. The van der Waals surface area contributed by atoms with Gasteiger partial charge in [0.05, 0.1) is 5.52 Å². The summed E-state index contributed by atoms with van der Waals surface area (Å²) in [5.41, 5.74) is 3.06. The van der Waals surface area contributed by atoms with Crippen molar-refractivity contribution in [3.63, 3.8) is 0 Å². The molecule has 2 aromatic carbocycles. The monoisotopic (exact) mass is 318 g/mol. The highest BCUT2D eigenvalue weighted by Gasteiger charge is 2.15. The maximum Gasteiger partial charge on any atom is 0.227 e. The van der Waals surface area contributed by atoms with Crippen molar-refractivity contribution in [3.05, 3.63) is 48.7 Å². The van der Waals surface area contributed by atoms with Crippen molar-refractivity contribution in [2.45, 2.75) is 12.5 Å². The Hall–Kier alpha value is -2.60. The molecule has 0 unspecified atom stereocenters. The molecule has 0 amide bonds. The molecule has 2 heterocycles. The highest BCUT2D eigenvalue weighted by Crippen LogP contribution is 2.22. The van der Waals surface area contributed by atoms with Gasteiger partial charge in [-0.3, -0.25) is 0 Å². The molecule has 1 fully saturated rings. The minimum atomic E-state index is 0.250. The van der Waals surface area contributed by atoms with Crippen LogP contribution in [0.25, 0.3) is 10.9 Å². The third-order valence-corrected chi connectivity index (χ3v) is 4.14. The number of benzene rings is 2. The number of hydrogen-bond acceptors (Lipinski definition) is 5. The van der Waals surface area contributed by atoms with Crippen molar-refractivity contribution in [3.8, 4) is 5.75 Å². The van der Waals surface area contributed by atoms with Gasteiger partial charge in [0.15, 0.2) is 0 Å². The molecule has 24 heavy (non-hydrogen) atoms. The molecule has 0 aliphatic carbocycles. The van der Waals surface area contributed by atoms with Crippen molar-refractivity contribution in [1.29, 1.82) is 0 Å². The summed E-state index contributed by atoms with van der Waals surface area (Å²) in [7, 11) is 2.07. The Morgan fingerprint density at radius 3 is 3.04 bits per heavy atom. The van der Waals surface area contributed by atoms with Crippen molar-refractivity contribution in [2.24, 2.45) is 0 Å². The number of hydrogen-bond donors (Lipinski definition) is 2. The Labute approximate surface area is 141 Å². The molecule has 5 nitrogen and oxygen atoms in total.